The molecule has 0 saturated heterocycles. The van der Waals surface area contributed by atoms with Crippen LogP contribution in [0.2, 0.25) is 0 Å². The summed E-state index contributed by atoms with van der Waals surface area (Å²) in [5, 5.41) is 0. The second-order valence-electron chi connectivity index (χ2n) is 5.36. The number of hydrogen-bond donors (Lipinski definition) is 0. The minimum Gasteiger partial charge on any atom is -0.300 e. The van der Waals surface area contributed by atoms with Gasteiger partial charge in [0.2, 0.25) is 0 Å². The zero-order chi connectivity index (χ0) is 10.7. The molecule has 0 aliphatic heterocycles. The Morgan fingerprint density at radius 2 is 2.20 bits per heavy atom. The molecular weight excluding hydrogens is 184 g/mol. The van der Waals surface area contributed by atoms with Crippen molar-refractivity contribution < 1.29 is 4.79 Å². The molecule has 0 amide bonds. The van der Waals surface area contributed by atoms with E-state index in [0.717, 1.165) is 43.4 Å². The standard InChI is InChI=1S/C14H22O/c1-2-3-4-5-14(15)10-13-9-11-6-7-12(13)8-11/h2,11-13H,1,3-10H2. The average molecular weight is 206 g/mol. The number of fused-ring (bicyclic) bond motifs is 2. The van der Waals surface area contributed by atoms with Gasteiger partial charge in [-0.2, -0.15) is 0 Å². The van der Waals surface area contributed by atoms with E-state index < -0.39 is 0 Å². The Morgan fingerprint density at radius 3 is 2.80 bits per heavy atom. The van der Waals surface area contributed by atoms with Crippen molar-refractivity contribution in [3.05, 3.63) is 12.7 Å². The molecule has 1 heteroatoms. The van der Waals surface area contributed by atoms with Crippen molar-refractivity contribution in [2.45, 2.75) is 51.4 Å². The van der Waals surface area contributed by atoms with Gasteiger partial charge < -0.3 is 0 Å². The van der Waals surface area contributed by atoms with Gasteiger partial charge in [0.1, 0.15) is 5.78 Å². The Balaban J connectivity index is 1.68. The molecule has 0 aromatic rings. The van der Waals surface area contributed by atoms with Gasteiger partial charge in [0.05, 0.1) is 0 Å². The number of allylic oxidation sites excluding steroid dienone is 1. The van der Waals surface area contributed by atoms with Gasteiger partial charge in [-0.3, -0.25) is 4.79 Å². The average Bonchev–Trinajstić information content (AvgIpc) is 2.79. The van der Waals surface area contributed by atoms with Gasteiger partial charge in [-0.15, -0.1) is 6.58 Å². The van der Waals surface area contributed by atoms with Crippen LogP contribution in [0, 0.1) is 17.8 Å². The summed E-state index contributed by atoms with van der Waals surface area (Å²) in [7, 11) is 0. The Labute approximate surface area is 92.9 Å². The van der Waals surface area contributed by atoms with Gasteiger partial charge in [-0.1, -0.05) is 12.5 Å². The Hall–Kier alpha value is -0.590. The van der Waals surface area contributed by atoms with Crippen LogP contribution in [0.15, 0.2) is 12.7 Å². The van der Waals surface area contributed by atoms with Crippen LogP contribution in [-0.4, -0.2) is 5.78 Å². The lowest BCUT2D eigenvalue weighted by Gasteiger charge is -2.20. The number of carbonyl (C=O) groups excluding carboxylic acids is 1. The number of ketones is 1. The summed E-state index contributed by atoms with van der Waals surface area (Å²) in [6.45, 7) is 3.68. The molecule has 1 nitrogen and oxygen atoms in total. The molecule has 0 heterocycles. The fourth-order valence-corrected chi connectivity index (χ4v) is 3.46. The van der Waals surface area contributed by atoms with Crippen LogP contribution in [0.5, 0.6) is 0 Å². The van der Waals surface area contributed by atoms with E-state index in [1.54, 1.807) is 0 Å². The Morgan fingerprint density at radius 1 is 1.33 bits per heavy atom. The van der Waals surface area contributed by atoms with Gasteiger partial charge in [0.15, 0.2) is 0 Å². The van der Waals surface area contributed by atoms with Crippen LogP contribution in [0.3, 0.4) is 0 Å². The SMILES string of the molecule is C=CCCCC(=O)CC1CC2CCC1C2. The van der Waals surface area contributed by atoms with Crippen molar-refractivity contribution >= 4 is 5.78 Å². The number of carbonyl (C=O) groups is 1. The van der Waals surface area contributed by atoms with Crippen LogP contribution in [0.25, 0.3) is 0 Å². The topological polar surface area (TPSA) is 17.1 Å². The minimum absolute atomic E-state index is 0.495. The first-order chi connectivity index (χ1) is 7.29. The highest BCUT2D eigenvalue weighted by Gasteiger charge is 2.39. The van der Waals surface area contributed by atoms with E-state index in [4.69, 9.17) is 0 Å². The highest BCUT2D eigenvalue weighted by atomic mass is 16.1. The third-order valence-electron chi connectivity index (χ3n) is 4.24. The summed E-state index contributed by atoms with van der Waals surface area (Å²) in [5.41, 5.74) is 0. The van der Waals surface area contributed by atoms with E-state index in [9.17, 15) is 4.79 Å². The lowest BCUT2D eigenvalue weighted by atomic mass is 9.84. The van der Waals surface area contributed by atoms with Gasteiger partial charge in [-0.05, 0) is 49.9 Å². The highest BCUT2D eigenvalue weighted by Crippen LogP contribution is 2.49. The second-order valence-corrected chi connectivity index (χ2v) is 5.36. The summed E-state index contributed by atoms with van der Waals surface area (Å²) < 4.78 is 0. The molecule has 0 aromatic carbocycles. The first-order valence-corrected chi connectivity index (χ1v) is 6.42. The van der Waals surface area contributed by atoms with Crippen LogP contribution >= 0.6 is 0 Å². The predicted molar refractivity (Wildman–Crippen MR) is 62.6 cm³/mol. The van der Waals surface area contributed by atoms with E-state index in [2.05, 4.69) is 6.58 Å². The molecular formula is C14H22O. The third-order valence-corrected chi connectivity index (χ3v) is 4.24. The van der Waals surface area contributed by atoms with Crippen molar-refractivity contribution in [2.24, 2.45) is 17.8 Å². The molecule has 0 aromatic heterocycles. The maximum Gasteiger partial charge on any atom is 0.133 e. The molecule has 2 saturated carbocycles. The lowest BCUT2D eigenvalue weighted by Crippen LogP contribution is -2.15. The van der Waals surface area contributed by atoms with Crippen LogP contribution < -0.4 is 0 Å². The molecule has 0 radical (unpaired) electrons. The van der Waals surface area contributed by atoms with Crippen molar-refractivity contribution in [3.63, 3.8) is 0 Å². The van der Waals surface area contributed by atoms with Gasteiger partial charge >= 0.3 is 0 Å². The maximum atomic E-state index is 11.7. The predicted octanol–water partition coefficient (Wildman–Crippen LogP) is 3.74. The maximum absolute atomic E-state index is 11.7. The second kappa shape index (κ2) is 4.96. The third kappa shape index (κ3) is 2.70. The molecule has 15 heavy (non-hydrogen) atoms. The largest absolute Gasteiger partial charge is 0.300 e. The number of hydrogen-bond acceptors (Lipinski definition) is 1. The van der Waals surface area contributed by atoms with E-state index in [0.29, 0.717) is 5.78 Å². The van der Waals surface area contributed by atoms with E-state index in [-0.39, 0.29) is 0 Å². The molecule has 2 aliphatic carbocycles. The van der Waals surface area contributed by atoms with E-state index >= 15 is 0 Å². The molecule has 2 bridgehead atoms. The zero-order valence-corrected chi connectivity index (χ0v) is 9.58. The van der Waals surface area contributed by atoms with Crippen LogP contribution in [0.1, 0.15) is 51.4 Å². The van der Waals surface area contributed by atoms with Gasteiger partial charge in [0.25, 0.3) is 0 Å². The summed E-state index contributed by atoms with van der Waals surface area (Å²) >= 11 is 0. The number of rotatable bonds is 6. The highest BCUT2D eigenvalue weighted by molar-refractivity contribution is 5.78. The number of Topliss-reactive ketones (excluding diaryl/α,β-unsaturated/α-hetero) is 1. The first-order valence-electron chi connectivity index (χ1n) is 6.42. The quantitative estimate of drug-likeness (QED) is 0.478. The van der Waals surface area contributed by atoms with E-state index in [1.165, 1.54) is 25.7 Å². The monoisotopic (exact) mass is 206 g/mol. The Bertz CT molecular complexity index is 244. The molecule has 2 fully saturated rings. The van der Waals surface area contributed by atoms with E-state index in [1.807, 2.05) is 6.08 Å². The normalized spacial score (nSPS) is 33.2. The number of unbranched alkanes of at least 4 members (excludes halogenated alkanes) is 1. The summed E-state index contributed by atoms with van der Waals surface area (Å²) in [6.07, 6.45) is 11.2. The molecule has 0 N–H and O–H groups in total. The molecule has 3 atom stereocenters. The van der Waals surface area contributed by atoms with Crippen LogP contribution in [-0.2, 0) is 4.79 Å². The first kappa shape index (κ1) is 10.9. The lowest BCUT2D eigenvalue weighted by molar-refractivity contribution is -0.120. The van der Waals surface area contributed by atoms with Crippen molar-refractivity contribution in [1.29, 1.82) is 0 Å². The van der Waals surface area contributed by atoms with Crippen LogP contribution in [0.4, 0.5) is 0 Å². The molecule has 2 aliphatic rings. The van der Waals surface area contributed by atoms with Gasteiger partial charge in [0, 0.05) is 12.8 Å². The summed E-state index contributed by atoms with van der Waals surface area (Å²) in [6, 6.07) is 0. The molecule has 0 spiro atoms. The Kier molecular flexibility index (Phi) is 3.61. The van der Waals surface area contributed by atoms with Crippen molar-refractivity contribution in [3.8, 4) is 0 Å². The molecule has 84 valence electrons. The summed E-state index contributed by atoms with van der Waals surface area (Å²) in [5.74, 6) is 3.12. The minimum atomic E-state index is 0.495. The zero-order valence-electron chi connectivity index (χ0n) is 9.58. The smallest absolute Gasteiger partial charge is 0.133 e. The van der Waals surface area contributed by atoms with Crippen molar-refractivity contribution in [2.75, 3.05) is 0 Å². The molecule has 3 unspecified atom stereocenters. The van der Waals surface area contributed by atoms with Gasteiger partial charge in [-0.25, -0.2) is 0 Å². The fraction of sp³-hybridized carbons (Fsp3) is 0.786. The fourth-order valence-electron chi connectivity index (χ4n) is 3.46. The van der Waals surface area contributed by atoms with Crippen molar-refractivity contribution in [1.82, 2.24) is 0 Å². The molecule has 2 rings (SSSR count). The summed E-state index contributed by atoms with van der Waals surface area (Å²) in [4.78, 5) is 11.7.